The van der Waals surface area contributed by atoms with Crippen LogP contribution in [0.25, 0.3) is 0 Å². The van der Waals surface area contributed by atoms with Gasteiger partial charge >= 0.3 is 18.1 Å². The summed E-state index contributed by atoms with van der Waals surface area (Å²) < 4.78 is 31.7. The van der Waals surface area contributed by atoms with Crippen molar-refractivity contribution < 1.29 is 52.2 Å². The van der Waals surface area contributed by atoms with Crippen LogP contribution < -0.4 is 26.6 Å². The summed E-state index contributed by atoms with van der Waals surface area (Å²) in [6, 6.07) is 20.7. The highest BCUT2D eigenvalue weighted by Crippen LogP contribution is 2.29. The zero-order chi connectivity index (χ0) is 36.9. The molecule has 0 saturated heterocycles. The number of aliphatic carboxylic acids is 2. The molecule has 0 fully saturated rings. The summed E-state index contributed by atoms with van der Waals surface area (Å²) in [6.07, 6.45) is -4.35. The van der Waals surface area contributed by atoms with E-state index >= 15 is 0 Å². The number of amides is 4. The molecule has 0 atom stereocenters. The summed E-state index contributed by atoms with van der Waals surface area (Å²) in [5, 5.41) is 18.8. The molecule has 7 N–H and O–H groups in total. The molecular weight excluding hydrogens is 651 g/mol. The van der Waals surface area contributed by atoms with Gasteiger partial charge in [-0.2, -0.15) is 13.2 Å². The second-order valence-corrected chi connectivity index (χ2v) is 10.7. The van der Waals surface area contributed by atoms with Crippen LogP contribution in [0.5, 0.6) is 0 Å². The minimum absolute atomic E-state index is 0.0444. The average Bonchev–Trinajstić information content (AvgIpc) is 3.49. The Bertz CT molecular complexity index is 1670. The van der Waals surface area contributed by atoms with E-state index < -0.39 is 30.6 Å². The maximum Gasteiger partial charge on any atom is 0.490 e. The smallest absolute Gasteiger partial charge is 0.480 e. The molecule has 0 spiro atoms. The first kappa shape index (κ1) is 39.4. The standard InChI is InChI=1S/C16H16N2O3.C15H19N3O3.C2HF3O2/c17-10-12-5-4-6-13(9-12)16(21)18(11-15(19)20)14-7-2-1-3-8-14;1-9(2)15(21)17-8-13(19)18-6-5-10-3-4-11(14(16)20)7-12(10)18;3-2(4,5)1(6)7/h1-9H,10-11,17H2,(H,19,20);3-4,7,9H,5-6,8H2,1-2H3,(H2,16,20)(H,17,21);(H,6,7). The van der Waals surface area contributed by atoms with Crippen molar-refractivity contribution in [3.63, 3.8) is 0 Å². The Balaban J connectivity index is 0.000000286. The van der Waals surface area contributed by atoms with Gasteiger partial charge in [0.2, 0.25) is 17.7 Å². The fourth-order valence-corrected chi connectivity index (χ4v) is 4.26. The third-order valence-electron chi connectivity index (χ3n) is 6.76. The zero-order valence-corrected chi connectivity index (χ0v) is 26.6. The van der Waals surface area contributed by atoms with Crippen LogP contribution >= 0.6 is 0 Å². The number of nitrogens with two attached hydrogens (primary N) is 2. The number of hydrogen-bond acceptors (Lipinski definition) is 7. The SMILES string of the molecule is CC(C)C(=O)NCC(=O)N1CCc2ccc(C(N)=O)cc21.NCc1cccc(C(=O)N(CC(=O)O)c2ccccc2)c1.O=C(O)C(F)(F)F. The van der Waals surface area contributed by atoms with Gasteiger partial charge in [0, 0.05) is 41.5 Å². The van der Waals surface area contributed by atoms with E-state index in [0.29, 0.717) is 35.6 Å². The van der Waals surface area contributed by atoms with E-state index in [2.05, 4.69) is 5.32 Å². The van der Waals surface area contributed by atoms with Gasteiger partial charge in [0.15, 0.2) is 0 Å². The lowest BCUT2D eigenvalue weighted by Crippen LogP contribution is -2.40. The molecule has 3 aromatic rings. The summed E-state index contributed by atoms with van der Waals surface area (Å²) in [5.74, 6) is -5.22. The first-order valence-corrected chi connectivity index (χ1v) is 14.6. The quantitative estimate of drug-likeness (QED) is 0.223. The van der Waals surface area contributed by atoms with Gasteiger partial charge in [-0.1, -0.05) is 50.2 Å². The number of halogens is 3. The molecule has 0 bridgehead atoms. The summed E-state index contributed by atoms with van der Waals surface area (Å²) in [7, 11) is 0. The van der Waals surface area contributed by atoms with Gasteiger partial charge < -0.3 is 31.9 Å². The first-order valence-electron chi connectivity index (χ1n) is 14.6. The second-order valence-electron chi connectivity index (χ2n) is 10.7. The number of carbonyl (C=O) groups excluding carboxylic acids is 4. The number of anilines is 2. The highest BCUT2D eigenvalue weighted by molar-refractivity contribution is 6.08. The lowest BCUT2D eigenvalue weighted by atomic mass is 10.1. The van der Waals surface area contributed by atoms with Crippen molar-refractivity contribution in [2.24, 2.45) is 17.4 Å². The minimum Gasteiger partial charge on any atom is -0.480 e. The van der Waals surface area contributed by atoms with Gasteiger partial charge in [0.25, 0.3) is 5.91 Å². The molecule has 0 aliphatic carbocycles. The molecule has 4 rings (SSSR count). The number of rotatable bonds is 9. The van der Waals surface area contributed by atoms with Crippen molar-refractivity contribution in [2.75, 3.05) is 29.4 Å². The monoisotopic (exact) mass is 687 g/mol. The summed E-state index contributed by atoms with van der Waals surface area (Å²) in [5.41, 5.74) is 14.7. The van der Waals surface area contributed by atoms with E-state index in [4.69, 9.17) is 26.5 Å². The van der Waals surface area contributed by atoms with Crippen molar-refractivity contribution in [3.05, 3.63) is 95.1 Å². The Labute approximate surface area is 279 Å². The topological polar surface area (TPSA) is 213 Å². The molecule has 4 amide bonds. The summed E-state index contributed by atoms with van der Waals surface area (Å²) in [4.78, 5) is 70.3. The van der Waals surface area contributed by atoms with Crippen molar-refractivity contribution in [2.45, 2.75) is 33.0 Å². The molecule has 262 valence electrons. The molecule has 0 unspecified atom stereocenters. The highest BCUT2D eigenvalue weighted by Gasteiger charge is 2.38. The number of benzene rings is 3. The van der Waals surface area contributed by atoms with Gasteiger partial charge in [-0.25, -0.2) is 4.79 Å². The van der Waals surface area contributed by atoms with Crippen molar-refractivity contribution >= 4 is 46.9 Å². The molecule has 0 saturated carbocycles. The Kier molecular flexibility index (Phi) is 14.4. The van der Waals surface area contributed by atoms with Crippen LogP contribution in [0.1, 0.15) is 45.7 Å². The van der Waals surface area contributed by atoms with Crippen LogP contribution in [0.3, 0.4) is 0 Å². The third-order valence-corrected chi connectivity index (χ3v) is 6.76. The maximum atomic E-state index is 12.6. The van der Waals surface area contributed by atoms with Crippen LogP contribution in [-0.4, -0.2) is 71.6 Å². The average molecular weight is 688 g/mol. The number of nitrogens with one attached hydrogen (secondary N) is 1. The molecular formula is C33H36F3N5O8. The van der Waals surface area contributed by atoms with Gasteiger partial charge in [-0.05, 0) is 53.9 Å². The van der Waals surface area contributed by atoms with Crippen LogP contribution in [0, 0.1) is 5.92 Å². The third kappa shape index (κ3) is 12.1. The molecule has 3 aromatic carbocycles. The molecule has 0 radical (unpaired) electrons. The number of carbonyl (C=O) groups is 6. The van der Waals surface area contributed by atoms with Crippen LogP contribution in [0.2, 0.25) is 0 Å². The predicted octanol–water partition coefficient (Wildman–Crippen LogP) is 2.96. The number of nitrogens with zero attached hydrogens (tertiary/aromatic N) is 2. The zero-order valence-electron chi connectivity index (χ0n) is 26.6. The second kappa shape index (κ2) is 18.0. The molecule has 1 aliphatic heterocycles. The number of fused-ring (bicyclic) bond motifs is 1. The van der Waals surface area contributed by atoms with Gasteiger partial charge in [-0.15, -0.1) is 0 Å². The molecule has 16 heteroatoms. The molecule has 49 heavy (non-hydrogen) atoms. The minimum atomic E-state index is -5.08. The van der Waals surface area contributed by atoms with E-state index in [1.54, 1.807) is 73.3 Å². The Morgan fingerprint density at radius 2 is 1.55 bits per heavy atom. The molecule has 0 aromatic heterocycles. The fraction of sp³-hybridized carbons (Fsp3) is 0.273. The lowest BCUT2D eigenvalue weighted by molar-refractivity contribution is -0.192. The number of alkyl halides is 3. The van der Waals surface area contributed by atoms with E-state index in [-0.39, 0.29) is 30.2 Å². The number of carboxylic acid groups (broad SMARTS) is 2. The Hall–Kier alpha value is -5.77. The number of carboxylic acids is 2. The Morgan fingerprint density at radius 1 is 0.918 bits per heavy atom. The van der Waals surface area contributed by atoms with Crippen LogP contribution in [0.4, 0.5) is 24.5 Å². The molecule has 1 aliphatic rings. The number of hydrogen-bond donors (Lipinski definition) is 5. The summed E-state index contributed by atoms with van der Waals surface area (Å²) in [6.45, 7) is 3.97. The van der Waals surface area contributed by atoms with E-state index in [0.717, 1.165) is 17.5 Å². The summed E-state index contributed by atoms with van der Waals surface area (Å²) >= 11 is 0. The number of para-hydroxylation sites is 1. The predicted molar refractivity (Wildman–Crippen MR) is 173 cm³/mol. The van der Waals surface area contributed by atoms with E-state index in [1.165, 1.54) is 4.90 Å². The van der Waals surface area contributed by atoms with Crippen molar-refractivity contribution in [3.8, 4) is 0 Å². The lowest BCUT2D eigenvalue weighted by Gasteiger charge is -2.21. The van der Waals surface area contributed by atoms with Gasteiger partial charge in [0.05, 0.1) is 6.54 Å². The fourth-order valence-electron chi connectivity index (χ4n) is 4.26. The van der Waals surface area contributed by atoms with Crippen LogP contribution in [-0.2, 0) is 32.1 Å². The van der Waals surface area contributed by atoms with Gasteiger partial charge in [0.1, 0.15) is 6.54 Å². The normalized spacial score (nSPS) is 11.6. The van der Waals surface area contributed by atoms with Crippen LogP contribution in [0.15, 0.2) is 72.8 Å². The Morgan fingerprint density at radius 3 is 2.08 bits per heavy atom. The molecule has 13 nitrogen and oxygen atoms in total. The van der Waals surface area contributed by atoms with Gasteiger partial charge in [-0.3, -0.25) is 28.9 Å². The molecule has 1 heterocycles. The van der Waals surface area contributed by atoms with Crippen molar-refractivity contribution in [1.29, 1.82) is 0 Å². The highest BCUT2D eigenvalue weighted by atomic mass is 19.4. The number of primary amides is 1. The largest absolute Gasteiger partial charge is 0.490 e. The first-order chi connectivity index (χ1) is 23.0. The van der Waals surface area contributed by atoms with E-state index in [9.17, 15) is 37.1 Å². The van der Waals surface area contributed by atoms with E-state index in [1.807, 2.05) is 18.2 Å². The van der Waals surface area contributed by atoms with Crippen molar-refractivity contribution in [1.82, 2.24) is 5.32 Å². The maximum absolute atomic E-state index is 12.6.